The van der Waals surface area contributed by atoms with E-state index in [1.54, 1.807) is 73.9 Å². The molecule has 0 fully saturated rings. The molecule has 0 aliphatic heterocycles. The van der Waals surface area contributed by atoms with Gasteiger partial charge in [-0.1, -0.05) is 24.3 Å². The fraction of sp³-hybridized carbons (Fsp3) is 0.174. The first-order chi connectivity index (χ1) is 14.7. The fourth-order valence-corrected chi connectivity index (χ4v) is 2.65. The average molecular weight is 406 g/mol. The van der Waals surface area contributed by atoms with Crippen molar-refractivity contribution in [2.45, 2.75) is 13.5 Å². The van der Waals surface area contributed by atoms with Crippen LogP contribution in [0.3, 0.4) is 0 Å². The summed E-state index contributed by atoms with van der Waals surface area (Å²) in [7, 11) is 0. The van der Waals surface area contributed by atoms with E-state index in [0.717, 1.165) is 5.56 Å². The standard InChI is InChI=1S/C23H22N2O5/c1-2-28-22(26)16-29-19-9-5-7-17(13-19)15-30-21-11-4-3-10-20(21)23(27)25-18-8-6-12-24-14-18/h3-14H,2,15-16H2,1H3,(H,25,27). The number of hydrogen-bond donors (Lipinski definition) is 1. The van der Waals surface area contributed by atoms with E-state index in [-0.39, 0.29) is 19.1 Å². The van der Waals surface area contributed by atoms with Gasteiger partial charge >= 0.3 is 5.97 Å². The minimum atomic E-state index is -0.423. The second-order valence-corrected chi connectivity index (χ2v) is 6.22. The van der Waals surface area contributed by atoms with E-state index >= 15 is 0 Å². The number of pyridine rings is 1. The van der Waals surface area contributed by atoms with Gasteiger partial charge in [0.1, 0.15) is 18.1 Å². The van der Waals surface area contributed by atoms with Gasteiger partial charge in [-0.25, -0.2) is 4.79 Å². The summed E-state index contributed by atoms with van der Waals surface area (Å²) >= 11 is 0. The molecule has 1 amide bonds. The van der Waals surface area contributed by atoms with Gasteiger partial charge in [-0.05, 0) is 48.9 Å². The molecule has 7 nitrogen and oxygen atoms in total. The number of amides is 1. The first-order valence-electron chi connectivity index (χ1n) is 9.46. The SMILES string of the molecule is CCOC(=O)COc1cccc(COc2ccccc2C(=O)Nc2cccnc2)c1. The number of aromatic nitrogens is 1. The Hall–Kier alpha value is -3.87. The van der Waals surface area contributed by atoms with Gasteiger partial charge in [0.25, 0.3) is 5.91 Å². The largest absolute Gasteiger partial charge is 0.488 e. The first-order valence-corrected chi connectivity index (χ1v) is 9.46. The summed E-state index contributed by atoms with van der Waals surface area (Å²) in [5.74, 6) is 0.279. The van der Waals surface area contributed by atoms with Crippen molar-refractivity contribution >= 4 is 17.6 Å². The molecule has 0 saturated heterocycles. The Balaban J connectivity index is 1.63. The van der Waals surface area contributed by atoms with Crippen LogP contribution in [0.5, 0.6) is 11.5 Å². The number of anilines is 1. The molecule has 0 aliphatic carbocycles. The summed E-state index contributed by atoms with van der Waals surface area (Å²) in [4.78, 5) is 28.0. The maximum absolute atomic E-state index is 12.6. The second kappa shape index (κ2) is 10.6. The lowest BCUT2D eigenvalue weighted by molar-refractivity contribution is -0.145. The number of benzene rings is 2. The molecule has 0 bridgehead atoms. The smallest absolute Gasteiger partial charge is 0.344 e. The number of esters is 1. The van der Waals surface area contributed by atoms with Crippen LogP contribution in [0.15, 0.2) is 73.1 Å². The molecule has 1 aromatic heterocycles. The van der Waals surface area contributed by atoms with Gasteiger partial charge in [0, 0.05) is 6.20 Å². The van der Waals surface area contributed by atoms with Crippen molar-refractivity contribution in [1.29, 1.82) is 0 Å². The molecule has 3 rings (SSSR count). The van der Waals surface area contributed by atoms with Gasteiger partial charge in [-0.2, -0.15) is 0 Å². The molecule has 0 aliphatic rings. The molecule has 30 heavy (non-hydrogen) atoms. The van der Waals surface area contributed by atoms with Crippen LogP contribution in [-0.2, 0) is 16.1 Å². The second-order valence-electron chi connectivity index (χ2n) is 6.22. The molecule has 0 unspecified atom stereocenters. The number of carbonyl (C=O) groups excluding carboxylic acids is 2. The van der Waals surface area contributed by atoms with Gasteiger partial charge in [0.05, 0.1) is 24.1 Å². The van der Waals surface area contributed by atoms with Crippen LogP contribution in [0, 0.1) is 0 Å². The zero-order valence-corrected chi connectivity index (χ0v) is 16.5. The molecule has 0 radical (unpaired) electrons. The minimum absolute atomic E-state index is 0.157. The Morgan fingerprint density at radius 1 is 1.00 bits per heavy atom. The van der Waals surface area contributed by atoms with Crippen molar-refractivity contribution in [1.82, 2.24) is 4.98 Å². The lowest BCUT2D eigenvalue weighted by Gasteiger charge is -2.12. The highest BCUT2D eigenvalue weighted by molar-refractivity contribution is 6.06. The average Bonchev–Trinajstić information content (AvgIpc) is 2.78. The highest BCUT2D eigenvalue weighted by atomic mass is 16.6. The molecule has 1 heterocycles. The normalized spacial score (nSPS) is 10.2. The Kier molecular flexibility index (Phi) is 7.38. The van der Waals surface area contributed by atoms with E-state index in [1.807, 2.05) is 6.07 Å². The van der Waals surface area contributed by atoms with Crippen molar-refractivity contribution in [2.24, 2.45) is 0 Å². The van der Waals surface area contributed by atoms with Crippen molar-refractivity contribution in [3.8, 4) is 11.5 Å². The molecular weight excluding hydrogens is 384 g/mol. The van der Waals surface area contributed by atoms with Crippen LogP contribution in [0.1, 0.15) is 22.8 Å². The number of hydrogen-bond acceptors (Lipinski definition) is 6. The topological polar surface area (TPSA) is 86.8 Å². The molecule has 0 spiro atoms. The number of nitrogens with zero attached hydrogens (tertiary/aromatic N) is 1. The number of nitrogens with one attached hydrogen (secondary N) is 1. The van der Waals surface area contributed by atoms with E-state index in [4.69, 9.17) is 14.2 Å². The van der Waals surface area contributed by atoms with Crippen LogP contribution in [0.4, 0.5) is 5.69 Å². The number of carbonyl (C=O) groups is 2. The quantitative estimate of drug-likeness (QED) is 0.543. The lowest BCUT2D eigenvalue weighted by Crippen LogP contribution is -2.14. The lowest BCUT2D eigenvalue weighted by atomic mass is 10.1. The van der Waals surface area contributed by atoms with E-state index in [9.17, 15) is 9.59 Å². The fourth-order valence-electron chi connectivity index (χ4n) is 2.65. The predicted octanol–water partition coefficient (Wildman–Crippen LogP) is 3.85. The van der Waals surface area contributed by atoms with Gasteiger partial charge in [0.15, 0.2) is 6.61 Å². The molecular formula is C23H22N2O5. The molecule has 2 aromatic carbocycles. The van der Waals surface area contributed by atoms with Crippen LogP contribution < -0.4 is 14.8 Å². The Morgan fingerprint density at radius 2 is 1.87 bits per heavy atom. The van der Waals surface area contributed by atoms with Gasteiger partial charge in [-0.3, -0.25) is 9.78 Å². The number of rotatable bonds is 9. The third-order valence-electron chi connectivity index (χ3n) is 4.01. The minimum Gasteiger partial charge on any atom is -0.488 e. The summed E-state index contributed by atoms with van der Waals surface area (Å²) in [6, 6.07) is 17.7. The maximum Gasteiger partial charge on any atom is 0.344 e. The summed E-state index contributed by atoms with van der Waals surface area (Å²) in [5, 5.41) is 2.80. The summed E-state index contributed by atoms with van der Waals surface area (Å²) in [6.45, 7) is 2.12. The Bertz CT molecular complexity index is 992. The Labute approximate surface area is 174 Å². The summed E-state index contributed by atoms with van der Waals surface area (Å²) in [5.41, 5.74) is 1.85. The first kappa shape index (κ1) is 20.9. The molecule has 0 atom stereocenters. The Morgan fingerprint density at radius 3 is 2.67 bits per heavy atom. The van der Waals surface area contributed by atoms with Crippen LogP contribution >= 0.6 is 0 Å². The number of para-hydroxylation sites is 1. The van der Waals surface area contributed by atoms with E-state index in [0.29, 0.717) is 29.4 Å². The third-order valence-corrected chi connectivity index (χ3v) is 4.01. The van der Waals surface area contributed by atoms with E-state index in [2.05, 4.69) is 10.3 Å². The molecule has 154 valence electrons. The van der Waals surface area contributed by atoms with Crippen LogP contribution in [0.2, 0.25) is 0 Å². The highest BCUT2D eigenvalue weighted by Crippen LogP contribution is 2.22. The van der Waals surface area contributed by atoms with Crippen LogP contribution in [-0.4, -0.2) is 30.1 Å². The summed E-state index contributed by atoms with van der Waals surface area (Å²) in [6.07, 6.45) is 3.21. The predicted molar refractivity (Wildman–Crippen MR) is 112 cm³/mol. The number of ether oxygens (including phenoxy) is 3. The zero-order chi connectivity index (χ0) is 21.2. The van der Waals surface area contributed by atoms with Crippen molar-refractivity contribution < 1.29 is 23.8 Å². The monoisotopic (exact) mass is 406 g/mol. The molecule has 1 N–H and O–H groups in total. The molecule has 3 aromatic rings. The third kappa shape index (κ3) is 6.07. The van der Waals surface area contributed by atoms with Gasteiger partial charge in [-0.15, -0.1) is 0 Å². The zero-order valence-electron chi connectivity index (χ0n) is 16.5. The van der Waals surface area contributed by atoms with Gasteiger partial charge in [0.2, 0.25) is 0 Å². The van der Waals surface area contributed by atoms with Crippen molar-refractivity contribution in [3.63, 3.8) is 0 Å². The van der Waals surface area contributed by atoms with E-state index in [1.165, 1.54) is 0 Å². The van der Waals surface area contributed by atoms with Crippen LogP contribution in [0.25, 0.3) is 0 Å². The van der Waals surface area contributed by atoms with Gasteiger partial charge < -0.3 is 19.5 Å². The van der Waals surface area contributed by atoms with E-state index < -0.39 is 5.97 Å². The highest BCUT2D eigenvalue weighted by Gasteiger charge is 2.13. The summed E-state index contributed by atoms with van der Waals surface area (Å²) < 4.78 is 16.2. The maximum atomic E-state index is 12.6. The van der Waals surface area contributed by atoms with Crippen molar-refractivity contribution in [2.75, 3.05) is 18.5 Å². The molecule has 0 saturated carbocycles. The van der Waals surface area contributed by atoms with Crippen molar-refractivity contribution in [3.05, 3.63) is 84.2 Å². The molecule has 7 heteroatoms.